The van der Waals surface area contributed by atoms with Gasteiger partial charge >= 0.3 is 11.9 Å². The summed E-state index contributed by atoms with van der Waals surface area (Å²) in [6.07, 6.45) is 3.17. The van der Waals surface area contributed by atoms with Gasteiger partial charge in [-0.3, -0.25) is 0 Å². The van der Waals surface area contributed by atoms with Crippen LogP contribution in [0, 0.1) is 0 Å². The van der Waals surface area contributed by atoms with Crippen molar-refractivity contribution >= 4 is 18.0 Å². The molecule has 2 aromatic carbocycles. The molecule has 172 valence electrons. The Morgan fingerprint density at radius 2 is 1.55 bits per heavy atom. The van der Waals surface area contributed by atoms with Crippen molar-refractivity contribution in [2.24, 2.45) is 0 Å². The van der Waals surface area contributed by atoms with Gasteiger partial charge in [0.05, 0.1) is 33.1 Å². The van der Waals surface area contributed by atoms with Gasteiger partial charge in [-0.15, -0.1) is 0 Å². The summed E-state index contributed by atoms with van der Waals surface area (Å²) in [5.41, 5.74) is 2.37. The van der Waals surface area contributed by atoms with Gasteiger partial charge < -0.3 is 18.9 Å². The van der Waals surface area contributed by atoms with Crippen molar-refractivity contribution in [1.82, 2.24) is 9.78 Å². The van der Waals surface area contributed by atoms with E-state index in [4.69, 9.17) is 24.0 Å². The molecule has 0 N–H and O–H groups in total. The molecular formula is C25H26N2O6. The van der Waals surface area contributed by atoms with Crippen LogP contribution in [-0.4, -0.2) is 49.2 Å². The maximum Gasteiger partial charge on any atom is 0.345 e. The van der Waals surface area contributed by atoms with Gasteiger partial charge in [-0.2, -0.15) is 5.10 Å². The number of aromatic nitrogens is 2. The molecule has 0 aliphatic rings. The first-order valence-corrected chi connectivity index (χ1v) is 10.5. The van der Waals surface area contributed by atoms with Gasteiger partial charge in [0.2, 0.25) is 0 Å². The molecule has 8 heteroatoms. The monoisotopic (exact) mass is 450 g/mol. The largest absolute Gasteiger partial charge is 0.493 e. The summed E-state index contributed by atoms with van der Waals surface area (Å²) < 4.78 is 22.6. The predicted molar refractivity (Wildman–Crippen MR) is 123 cm³/mol. The van der Waals surface area contributed by atoms with Crippen LogP contribution in [0.1, 0.15) is 19.4 Å². The van der Waals surface area contributed by atoms with Gasteiger partial charge in [0, 0.05) is 17.3 Å². The fraction of sp³-hybridized carbons (Fsp3) is 0.240. The van der Waals surface area contributed by atoms with Crippen molar-refractivity contribution < 1.29 is 28.5 Å². The Bertz CT molecular complexity index is 1130. The van der Waals surface area contributed by atoms with Gasteiger partial charge in [-0.1, -0.05) is 18.2 Å². The SMILES string of the molecule is CCOC(=O)C(=Cc1cn(-c2ccccc2)nc1-c1ccc(OC)c(OC)c1)C(=O)OCC. The number of carbonyl (C=O) groups excluding carboxylic acids is 2. The highest BCUT2D eigenvalue weighted by Gasteiger charge is 2.23. The predicted octanol–water partition coefficient (Wildman–Crippen LogP) is 4.07. The standard InChI is InChI=1S/C25H26N2O6/c1-5-32-24(28)20(25(29)33-6-2)14-18-16-27(19-10-8-7-9-11-19)26-23(18)17-12-13-21(30-3)22(15-17)31-4/h7-16H,5-6H2,1-4H3. The number of methoxy groups -OCH3 is 2. The number of nitrogens with zero attached hydrogens (tertiary/aromatic N) is 2. The number of ether oxygens (including phenoxy) is 4. The molecule has 0 aliphatic heterocycles. The van der Waals surface area contributed by atoms with Gasteiger partial charge in [-0.25, -0.2) is 14.3 Å². The van der Waals surface area contributed by atoms with E-state index in [9.17, 15) is 9.59 Å². The second-order valence-electron chi connectivity index (χ2n) is 6.78. The lowest BCUT2D eigenvalue weighted by molar-refractivity contribution is -0.146. The molecule has 0 saturated carbocycles. The molecule has 8 nitrogen and oxygen atoms in total. The normalized spacial score (nSPS) is 10.3. The Balaban J connectivity index is 2.20. The van der Waals surface area contributed by atoms with Crippen molar-refractivity contribution in [2.45, 2.75) is 13.8 Å². The molecule has 0 fully saturated rings. The van der Waals surface area contributed by atoms with E-state index in [1.165, 1.54) is 6.08 Å². The van der Waals surface area contributed by atoms with E-state index < -0.39 is 11.9 Å². The highest BCUT2D eigenvalue weighted by Crippen LogP contribution is 2.34. The molecule has 1 aromatic heterocycles. The Morgan fingerprint density at radius 1 is 0.909 bits per heavy atom. The second-order valence-corrected chi connectivity index (χ2v) is 6.78. The quantitative estimate of drug-likeness (QED) is 0.210. The van der Waals surface area contributed by atoms with Crippen LogP contribution in [0.5, 0.6) is 11.5 Å². The molecule has 3 aromatic rings. The lowest BCUT2D eigenvalue weighted by atomic mass is 10.0. The van der Waals surface area contributed by atoms with E-state index in [2.05, 4.69) is 0 Å². The number of carbonyl (C=O) groups is 2. The average molecular weight is 450 g/mol. The summed E-state index contributed by atoms with van der Waals surface area (Å²) in [6, 6.07) is 14.9. The van der Waals surface area contributed by atoms with Crippen LogP contribution in [0.2, 0.25) is 0 Å². The molecule has 0 atom stereocenters. The van der Waals surface area contributed by atoms with Gasteiger partial charge in [0.15, 0.2) is 11.5 Å². The number of rotatable bonds is 9. The third-order valence-corrected chi connectivity index (χ3v) is 4.71. The van der Waals surface area contributed by atoms with Crippen LogP contribution < -0.4 is 9.47 Å². The number of hydrogen-bond donors (Lipinski definition) is 0. The van der Waals surface area contributed by atoms with Crippen molar-refractivity contribution in [3.8, 4) is 28.4 Å². The van der Waals surface area contributed by atoms with Crippen molar-refractivity contribution in [1.29, 1.82) is 0 Å². The Hall–Kier alpha value is -4.07. The minimum absolute atomic E-state index is 0.126. The smallest absolute Gasteiger partial charge is 0.345 e. The molecule has 0 spiro atoms. The molecule has 0 bridgehead atoms. The number of esters is 2. The van der Waals surface area contributed by atoms with Crippen LogP contribution in [0.4, 0.5) is 0 Å². The first-order chi connectivity index (χ1) is 16.0. The van der Waals surface area contributed by atoms with Gasteiger partial charge in [0.1, 0.15) is 11.3 Å². The molecule has 1 heterocycles. The average Bonchev–Trinajstić information content (AvgIpc) is 3.26. The maximum absolute atomic E-state index is 12.5. The van der Waals surface area contributed by atoms with Crippen molar-refractivity contribution in [2.75, 3.05) is 27.4 Å². The topological polar surface area (TPSA) is 88.9 Å². The van der Waals surface area contributed by atoms with E-state index in [1.54, 1.807) is 51.1 Å². The molecule has 0 unspecified atom stereocenters. The van der Waals surface area contributed by atoms with Gasteiger partial charge in [-0.05, 0) is 50.3 Å². The fourth-order valence-corrected chi connectivity index (χ4v) is 3.19. The molecule has 0 aliphatic carbocycles. The van der Waals surface area contributed by atoms with Crippen molar-refractivity contribution in [3.63, 3.8) is 0 Å². The molecule has 33 heavy (non-hydrogen) atoms. The third-order valence-electron chi connectivity index (χ3n) is 4.71. The van der Waals surface area contributed by atoms with E-state index in [0.717, 1.165) is 5.69 Å². The minimum atomic E-state index is -0.762. The summed E-state index contributed by atoms with van der Waals surface area (Å²) in [4.78, 5) is 25.0. The minimum Gasteiger partial charge on any atom is -0.493 e. The third kappa shape index (κ3) is 5.41. The molecule has 0 amide bonds. The molecule has 0 saturated heterocycles. The zero-order valence-electron chi connectivity index (χ0n) is 19.0. The summed E-state index contributed by atoms with van der Waals surface area (Å²) >= 11 is 0. The Morgan fingerprint density at radius 3 is 2.12 bits per heavy atom. The molecule has 3 rings (SSSR count). The van der Waals surface area contributed by atoms with Crippen LogP contribution in [0.3, 0.4) is 0 Å². The van der Waals surface area contributed by atoms with E-state index >= 15 is 0 Å². The van der Waals surface area contributed by atoms with Crippen LogP contribution >= 0.6 is 0 Å². The summed E-state index contributed by atoms with van der Waals surface area (Å²) in [5.74, 6) is -0.432. The first-order valence-electron chi connectivity index (χ1n) is 10.5. The van der Waals surface area contributed by atoms with Crippen LogP contribution in [0.15, 0.2) is 60.3 Å². The second kappa shape index (κ2) is 11.0. The summed E-state index contributed by atoms with van der Waals surface area (Å²) in [7, 11) is 3.10. The van der Waals surface area contributed by atoms with Crippen molar-refractivity contribution in [3.05, 3.63) is 65.9 Å². The lowest BCUT2D eigenvalue weighted by Gasteiger charge is -2.09. The molecular weight excluding hydrogens is 424 g/mol. The Kier molecular flexibility index (Phi) is 7.86. The number of hydrogen-bond acceptors (Lipinski definition) is 7. The van der Waals surface area contributed by atoms with E-state index in [0.29, 0.717) is 28.3 Å². The highest BCUT2D eigenvalue weighted by atomic mass is 16.6. The molecule has 0 radical (unpaired) electrons. The zero-order valence-corrected chi connectivity index (χ0v) is 19.0. The zero-order chi connectivity index (χ0) is 23.8. The maximum atomic E-state index is 12.5. The lowest BCUT2D eigenvalue weighted by Crippen LogP contribution is -2.18. The summed E-state index contributed by atoms with van der Waals surface area (Å²) in [6.45, 7) is 3.59. The highest BCUT2D eigenvalue weighted by molar-refractivity contribution is 6.18. The van der Waals surface area contributed by atoms with Crippen LogP contribution in [0.25, 0.3) is 23.0 Å². The number of para-hydroxylation sites is 1. The van der Waals surface area contributed by atoms with E-state index in [-0.39, 0.29) is 18.8 Å². The first kappa shape index (κ1) is 23.6. The Labute approximate surface area is 192 Å². The van der Waals surface area contributed by atoms with Gasteiger partial charge in [0.25, 0.3) is 0 Å². The van der Waals surface area contributed by atoms with E-state index in [1.807, 2.05) is 36.4 Å². The summed E-state index contributed by atoms with van der Waals surface area (Å²) in [5, 5.41) is 4.72. The van der Waals surface area contributed by atoms with Crippen LogP contribution in [-0.2, 0) is 19.1 Å². The fourth-order valence-electron chi connectivity index (χ4n) is 3.19. The number of benzene rings is 2.